The van der Waals surface area contributed by atoms with Crippen molar-refractivity contribution in [1.29, 1.82) is 0 Å². The van der Waals surface area contributed by atoms with Crippen LogP contribution in [0.25, 0.3) is 0 Å². The van der Waals surface area contributed by atoms with E-state index in [1.54, 1.807) is 16.8 Å². The van der Waals surface area contributed by atoms with Crippen LogP contribution in [-0.4, -0.2) is 37.2 Å². The zero-order valence-corrected chi connectivity index (χ0v) is 37.2. The van der Waals surface area contributed by atoms with Crippen molar-refractivity contribution < 1.29 is 14.3 Å². The molecule has 0 saturated heterocycles. The van der Waals surface area contributed by atoms with E-state index >= 15 is 0 Å². The van der Waals surface area contributed by atoms with E-state index in [0.717, 1.165) is 64.6 Å². The highest BCUT2D eigenvalue weighted by Gasteiger charge is 2.23. The van der Waals surface area contributed by atoms with Crippen LogP contribution in [-0.2, 0) is 14.3 Å². The average Bonchev–Trinajstić information content (AvgIpc) is 3.13. The maximum atomic E-state index is 13.4. The van der Waals surface area contributed by atoms with Crippen molar-refractivity contribution >= 4 is 5.97 Å². The number of unbranched alkanes of at least 4 members (excludes halogenated alkanes) is 16. The van der Waals surface area contributed by atoms with E-state index in [1.165, 1.54) is 179 Å². The lowest BCUT2D eigenvalue weighted by Crippen LogP contribution is -2.30. The van der Waals surface area contributed by atoms with Gasteiger partial charge in [0.25, 0.3) is 0 Å². The summed E-state index contributed by atoms with van der Waals surface area (Å²) in [5.74, 6) is 2.18. The maximum absolute atomic E-state index is 13.4. The highest BCUT2D eigenvalue weighted by atomic mass is 16.5. The van der Waals surface area contributed by atoms with Crippen molar-refractivity contribution in [3.05, 3.63) is 22.6 Å². The fraction of sp³-hybridized carbons (Fsp3) is 0.900. The van der Waals surface area contributed by atoms with Gasteiger partial charge in [-0.3, -0.25) is 4.79 Å². The smallest absolute Gasteiger partial charge is 0.308 e. The fourth-order valence-electron chi connectivity index (χ4n) is 8.56. The van der Waals surface area contributed by atoms with Crippen LogP contribution >= 0.6 is 0 Å². The van der Waals surface area contributed by atoms with Gasteiger partial charge in [0.15, 0.2) is 0 Å². The van der Waals surface area contributed by atoms with E-state index in [1.807, 2.05) is 0 Å². The van der Waals surface area contributed by atoms with Gasteiger partial charge in [0.1, 0.15) is 0 Å². The number of hydrogen-bond acceptors (Lipinski definition) is 4. The number of carbonyl (C=O) groups excluding carboxylic acids is 1. The molecular weight excluding hydrogens is 663 g/mol. The van der Waals surface area contributed by atoms with Gasteiger partial charge in [0.05, 0.1) is 24.9 Å². The van der Waals surface area contributed by atoms with E-state index < -0.39 is 0 Å². The molecule has 54 heavy (non-hydrogen) atoms. The van der Waals surface area contributed by atoms with Crippen LogP contribution < -0.4 is 0 Å². The summed E-state index contributed by atoms with van der Waals surface area (Å²) < 4.78 is 13.0. The molecule has 0 aliphatic heterocycles. The summed E-state index contributed by atoms with van der Waals surface area (Å²) in [7, 11) is 0. The minimum atomic E-state index is 0.0772. The van der Waals surface area contributed by atoms with Gasteiger partial charge < -0.3 is 14.4 Å². The molecule has 0 heterocycles. The summed E-state index contributed by atoms with van der Waals surface area (Å²) in [4.78, 5) is 16.1. The first-order valence-corrected chi connectivity index (χ1v) is 24.5. The van der Waals surface area contributed by atoms with Crippen LogP contribution in [0.2, 0.25) is 0 Å². The van der Waals surface area contributed by atoms with Gasteiger partial charge in [-0.1, -0.05) is 175 Å². The van der Waals surface area contributed by atoms with Crippen LogP contribution in [0, 0.1) is 11.8 Å². The van der Waals surface area contributed by atoms with E-state index in [9.17, 15) is 4.79 Å². The van der Waals surface area contributed by atoms with Crippen molar-refractivity contribution in [2.45, 2.75) is 253 Å². The monoisotopic (exact) mass is 756 g/mol. The van der Waals surface area contributed by atoms with Crippen molar-refractivity contribution in [2.24, 2.45) is 11.8 Å². The van der Waals surface area contributed by atoms with Crippen molar-refractivity contribution in [3.8, 4) is 0 Å². The van der Waals surface area contributed by atoms with E-state index in [-0.39, 0.29) is 11.9 Å². The summed E-state index contributed by atoms with van der Waals surface area (Å²) in [5.41, 5.74) is 4.88. The number of hydrogen-bond donors (Lipinski definition) is 0. The van der Waals surface area contributed by atoms with E-state index in [2.05, 4.69) is 39.5 Å². The Kier molecular flexibility index (Phi) is 30.4. The van der Waals surface area contributed by atoms with Crippen LogP contribution in [0.4, 0.5) is 0 Å². The second kappa shape index (κ2) is 33.7. The zero-order valence-electron chi connectivity index (χ0n) is 37.2. The Balaban J connectivity index is 2.00. The molecule has 0 spiro atoms. The molecule has 0 aromatic carbocycles. The molecule has 316 valence electrons. The van der Waals surface area contributed by atoms with E-state index in [4.69, 9.17) is 9.47 Å². The molecule has 2 aliphatic carbocycles. The molecule has 0 aromatic rings. The normalized spacial score (nSPS) is 15.1. The van der Waals surface area contributed by atoms with E-state index in [0.29, 0.717) is 12.5 Å². The summed E-state index contributed by atoms with van der Waals surface area (Å²) in [6.45, 7) is 15.0. The number of carbonyl (C=O) groups is 1. The molecule has 0 bridgehead atoms. The third-order valence-corrected chi connectivity index (χ3v) is 12.6. The Bertz CT molecular complexity index is 957. The third-order valence-electron chi connectivity index (χ3n) is 12.6. The number of allylic oxidation sites excluding steroid dienone is 3. The highest BCUT2D eigenvalue weighted by molar-refractivity contribution is 5.72. The van der Waals surface area contributed by atoms with Crippen molar-refractivity contribution in [3.63, 3.8) is 0 Å². The van der Waals surface area contributed by atoms with Crippen LogP contribution in [0.1, 0.15) is 253 Å². The largest absolute Gasteiger partial charge is 0.498 e. The Hall–Kier alpha value is -1.45. The van der Waals surface area contributed by atoms with Gasteiger partial charge in [-0.2, -0.15) is 0 Å². The Morgan fingerprint density at radius 2 is 1.00 bits per heavy atom. The SMILES string of the molecule is CCCCCCCCC(CCCCCC)COC(CCN(CCCOC(=O)C(CCCCCC)CCCCCCCC)C(CCC)=C1CCC1)=C1CCC1. The summed E-state index contributed by atoms with van der Waals surface area (Å²) in [6.07, 6.45) is 42.8. The van der Waals surface area contributed by atoms with Gasteiger partial charge in [-0.05, 0) is 88.5 Å². The zero-order chi connectivity index (χ0) is 38.9. The van der Waals surface area contributed by atoms with Crippen LogP contribution in [0.15, 0.2) is 22.6 Å². The molecule has 4 heteroatoms. The Labute approximate surface area is 337 Å². The second-order valence-electron chi connectivity index (χ2n) is 17.5. The lowest BCUT2D eigenvalue weighted by atomic mass is 9.88. The number of rotatable bonds is 38. The summed E-state index contributed by atoms with van der Waals surface area (Å²) in [6, 6.07) is 0. The molecule has 2 fully saturated rings. The quantitative estimate of drug-likeness (QED) is 0.0357. The minimum Gasteiger partial charge on any atom is -0.498 e. The third kappa shape index (κ3) is 22.3. The molecule has 4 nitrogen and oxygen atoms in total. The van der Waals surface area contributed by atoms with Gasteiger partial charge in [0.2, 0.25) is 0 Å². The topological polar surface area (TPSA) is 38.8 Å². The lowest BCUT2D eigenvalue weighted by molar-refractivity contribution is -0.149. The van der Waals surface area contributed by atoms with Gasteiger partial charge in [0, 0.05) is 25.2 Å². The van der Waals surface area contributed by atoms with Gasteiger partial charge in [-0.15, -0.1) is 0 Å². The van der Waals surface area contributed by atoms with Crippen LogP contribution in [0.5, 0.6) is 0 Å². The molecule has 2 aliphatic rings. The molecular formula is C50H93NO3. The molecule has 0 aromatic heterocycles. The predicted octanol–water partition coefficient (Wildman–Crippen LogP) is 16.0. The molecule has 0 N–H and O–H groups in total. The fourth-order valence-corrected chi connectivity index (χ4v) is 8.56. The maximum Gasteiger partial charge on any atom is 0.308 e. The molecule has 0 radical (unpaired) electrons. The van der Waals surface area contributed by atoms with Gasteiger partial charge in [-0.25, -0.2) is 0 Å². The predicted molar refractivity (Wildman–Crippen MR) is 235 cm³/mol. The first-order valence-electron chi connectivity index (χ1n) is 24.5. The molecule has 2 atom stereocenters. The molecule has 0 amide bonds. The summed E-state index contributed by atoms with van der Waals surface area (Å²) in [5, 5.41) is 0. The highest BCUT2D eigenvalue weighted by Crippen LogP contribution is 2.35. The molecule has 2 unspecified atom stereocenters. The Morgan fingerprint density at radius 3 is 1.48 bits per heavy atom. The number of ether oxygens (including phenoxy) is 2. The number of esters is 1. The Morgan fingerprint density at radius 1 is 0.519 bits per heavy atom. The van der Waals surface area contributed by atoms with Crippen molar-refractivity contribution in [2.75, 3.05) is 26.3 Å². The van der Waals surface area contributed by atoms with Gasteiger partial charge >= 0.3 is 5.97 Å². The average molecular weight is 756 g/mol. The van der Waals surface area contributed by atoms with Crippen molar-refractivity contribution in [1.82, 2.24) is 4.90 Å². The van der Waals surface area contributed by atoms with Crippen LogP contribution in [0.3, 0.4) is 0 Å². The molecule has 2 saturated carbocycles. The lowest BCUT2D eigenvalue weighted by Gasteiger charge is -2.34. The first kappa shape index (κ1) is 48.7. The number of nitrogens with zero attached hydrogens (tertiary/aromatic N) is 1. The summed E-state index contributed by atoms with van der Waals surface area (Å²) >= 11 is 0. The standard InChI is InChI=1S/C50H93NO3/c1-6-11-15-19-21-24-32-44(31-23-17-13-8-3)43-54-49(46-37-28-38-46)39-41-51(48(30-10-5)45-35-27-36-45)40-29-42-53-50(52)47(33-25-18-14-9-4)34-26-22-20-16-12-7-2/h44,47H,6-43H2,1-5H3. The molecule has 2 rings (SSSR count). The second-order valence-corrected chi connectivity index (χ2v) is 17.5. The minimum absolute atomic E-state index is 0.0772. The first-order chi connectivity index (χ1) is 26.6.